The molecule has 142 valence electrons. The van der Waals surface area contributed by atoms with E-state index < -0.39 is 24.3 Å². The van der Waals surface area contributed by atoms with E-state index in [2.05, 4.69) is 5.32 Å². The molecule has 1 aromatic heterocycles. The van der Waals surface area contributed by atoms with Gasteiger partial charge in [0.25, 0.3) is 5.91 Å². The molecule has 0 saturated heterocycles. The maximum atomic E-state index is 13.5. The van der Waals surface area contributed by atoms with Crippen molar-refractivity contribution in [2.45, 2.75) is 6.92 Å². The Hall–Kier alpha value is -3.74. The monoisotopic (exact) mass is 381 g/mol. The molecule has 1 amide bonds. The van der Waals surface area contributed by atoms with Gasteiger partial charge < -0.3 is 14.5 Å². The van der Waals surface area contributed by atoms with Crippen molar-refractivity contribution >= 4 is 23.9 Å². The molecule has 0 aliphatic carbocycles. The van der Waals surface area contributed by atoms with Crippen LogP contribution in [0.2, 0.25) is 0 Å². The molecule has 0 bridgehead atoms. The number of hydrogen-bond acceptors (Lipinski definition) is 5. The van der Waals surface area contributed by atoms with Crippen molar-refractivity contribution < 1.29 is 27.9 Å². The van der Waals surface area contributed by atoms with Crippen LogP contribution in [0.1, 0.15) is 26.5 Å². The van der Waals surface area contributed by atoms with Gasteiger partial charge in [0.15, 0.2) is 18.7 Å². The molecule has 0 radical (unpaired) electrons. The van der Waals surface area contributed by atoms with E-state index in [0.29, 0.717) is 28.9 Å². The van der Waals surface area contributed by atoms with Gasteiger partial charge in [0.1, 0.15) is 11.6 Å². The quantitative estimate of drug-likeness (QED) is 0.515. The molecule has 28 heavy (non-hydrogen) atoms. The van der Waals surface area contributed by atoms with Crippen LogP contribution in [0.5, 0.6) is 0 Å². The number of esters is 1. The fourth-order valence-corrected chi connectivity index (χ4v) is 2.49. The molecule has 0 aliphatic rings. The van der Waals surface area contributed by atoms with E-state index in [1.807, 2.05) is 0 Å². The van der Waals surface area contributed by atoms with E-state index in [1.165, 1.54) is 31.2 Å². The number of hydrogen-bond donors (Lipinski definition) is 1. The fraction of sp³-hybridized carbons (Fsp3) is 0.0952. The van der Waals surface area contributed by atoms with Crippen molar-refractivity contribution in [1.29, 1.82) is 0 Å². The Labute approximate surface area is 159 Å². The number of anilines is 1. The molecular formula is C21H16FNO5. The SMILES string of the molecule is Cc1c(F)cccc1NC(=O)COC(=O)c1ccc(-c2ccc(C=O)o2)cc1. The Bertz CT molecular complexity index is 1020. The number of nitrogens with one attached hydrogen (secondary N) is 1. The molecule has 0 aliphatic heterocycles. The topological polar surface area (TPSA) is 85.6 Å². The Morgan fingerprint density at radius 2 is 1.86 bits per heavy atom. The smallest absolute Gasteiger partial charge is 0.338 e. The van der Waals surface area contributed by atoms with Crippen molar-refractivity contribution in [3.8, 4) is 11.3 Å². The second-order valence-corrected chi connectivity index (χ2v) is 5.93. The summed E-state index contributed by atoms with van der Waals surface area (Å²) < 4.78 is 23.8. The minimum atomic E-state index is -0.675. The highest BCUT2D eigenvalue weighted by Gasteiger charge is 2.13. The van der Waals surface area contributed by atoms with Crippen molar-refractivity contribution in [1.82, 2.24) is 0 Å². The maximum Gasteiger partial charge on any atom is 0.338 e. The zero-order chi connectivity index (χ0) is 20.1. The second kappa shape index (κ2) is 8.30. The predicted octanol–water partition coefficient (Wildman–Crippen LogP) is 4.00. The summed E-state index contributed by atoms with van der Waals surface area (Å²) in [4.78, 5) is 34.7. The van der Waals surface area contributed by atoms with Crippen LogP contribution >= 0.6 is 0 Å². The third-order valence-electron chi connectivity index (χ3n) is 4.02. The highest BCUT2D eigenvalue weighted by atomic mass is 19.1. The Morgan fingerprint density at radius 3 is 2.54 bits per heavy atom. The van der Waals surface area contributed by atoms with Crippen LogP contribution in [0.25, 0.3) is 11.3 Å². The summed E-state index contributed by atoms with van der Waals surface area (Å²) in [6, 6.07) is 13.8. The lowest BCUT2D eigenvalue weighted by molar-refractivity contribution is -0.119. The van der Waals surface area contributed by atoms with Crippen LogP contribution in [0.4, 0.5) is 10.1 Å². The normalized spacial score (nSPS) is 10.4. The van der Waals surface area contributed by atoms with Crippen LogP contribution < -0.4 is 5.32 Å². The summed E-state index contributed by atoms with van der Waals surface area (Å²) >= 11 is 0. The van der Waals surface area contributed by atoms with Crippen LogP contribution in [-0.2, 0) is 9.53 Å². The van der Waals surface area contributed by atoms with E-state index in [-0.39, 0.29) is 11.3 Å². The van der Waals surface area contributed by atoms with Gasteiger partial charge in [-0.05, 0) is 43.3 Å². The molecule has 0 unspecified atom stereocenters. The van der Waals surface area contributed by atoms with Gasteiger partial charge in [0, 0.05) is 16.8 Å². The first-order valence-electron chi connectivity index (χ1n) is 8.35. The number of aldehydes is 1. The summed E-state index contributed by atoms with van der Waals surface area (Å²) in [5.74, 6) is -0.988. The maximum absolute atomic E-state index is 13.5. The number of halogens is 1. The number of furan rings is 1. The van der Waals surface area contributed by atoms with Crippen molar-refractivity contribution in [2.75, 3.05) is 11.9 Å². The van der Waals surface area contributed by atoms with Gasteiger partial charge in [0.2, 0.25) is 0 Å². The molecule has 7 heteroatoms. The number of carbonyl (C=O) groups excluding carboxylic acids is 3. The van der Waals surface area contributed by atoms with E-state index >= 15 is 0 Å². The highest BCUT2D eigenvalue weighted by Crippen LogP contribution is 2.22. The average molecular weight is 381 g/mol. The first kappa shape index (κ1) is 19.0. The second-order valence-electron chi connectivity index (χ2n) is 5.93. The Morgan fingerprint density at radius 1 is 1.11 bits per heavy atom. The number of rotatable bonds is 6. The molecule has 0 saturated carbocycles. The summed E-state index contributed by atoms with van der Waals surface area (Å²) in [5.41, 5.74) is 1.55. The fourth-order valence-electron chi connectivity index (χ4n) is 2.49. The lowest BCUT2D eigenvalue weighted by atomic mass is 10.1. The number of amides is 1. The average Bonchev–Trinajstić information content (AvgIpc) is 3.19. The van der Waals surface area contributed by atoms with E-state index in [0.717, 1.165) is 0 Å². The molecule has 1 N–H and O–H groups in total. The molecule has 6 nitrogen and oxygen atoms in total. The summed E-state index contributed by atoms with van der Waals surface area (Å²) in [7, 11) is 0. The Kier molecular flexibility index (Phi) is 5.64. The van der Waals surface area contributed by atoms with Gasteiger partial charge in [-0.15, -0.1) is 0 Å². The standard InChI is InChI=1S/C21H16FNO5/c1-13-17(22)3-2-4-18(13)23-20(25)12-27-21(26)15-7-5-14(6-8-15)19-10-9-16(11-24)28-19/h2-11H,12H2,1H3,(H,23,25). The lowest BCUT2D eigenvalue weighted by Crippen LogP contribution is -2.21. The predicted molar refractivity (Wildman–Crippen MR) is 99.6 cm³/mol. The summed E-state index contributed by atoms with van der Waals surface area (Å²) in [6.45, 7) is 1.03. The molecule has 0 fully saturated rings. The van der Waals surface area contributed by atoms with Crippen LogP contribution in [0.3, 0.4) is 0 Å². The van der Waals surface area contributed by atoms with E-state index in [4.69, 9.17) is 9.15 Å². The van der Waals surface area contributed by atoms with Crippen LogP contribution in [0, 0.1) is 12.7 Å². The Balaban J connectivity index is 1.57. The molecule has 1 heterocycles. The zero-order valence-electron chi connectivity index (χ0n) is 14.9. The number of ether oxygens (including phenoxy) is 1. The van der Waals surface area contributed by atoms with Gasteiger partial charge in [-0.1, -0.05) is 18.2 Å². The van der Waals surface area contributed by atoms with E-state index in [9.17, 15) is 18.8 Å². The third-order valence-corrected chi connectivity index (χ3v) is 4.02. The number of carbonyl (C=O) groups is 3. The molecule has 3 aromatic rings. The van der Waals surface area contributed by atoms with Gasteiger partial charge >= 0.3 is 5.97 Å². The zero-order valence-corrected chi connectivity index (χ0v) is 14.9. The van der Waals surface area contributed by atoms with Gasteiger partial charge in [-0.3, -0.25) is 9.59 Å². The van der Waals surface area contributed by atoms with Gasteiger partial charge in [-0.25, -0.2) is 9.18 Å². The molecule has 3 rings (SSSR count). The van der Waals surface area contributed by atoms with Crippen LogP contribution in [0.15, 0.2) is 59.0 Å². The van der Waals surface area contributed by atoms with Crippen molar-refractivity contribution in [3.05, 3.63) is 77.3 Å². The largest absolute Gasteiger partial charge is 0.453 e. The summed E-state index contributed by atoms with van der Waals surface area (Å²) in [5, 5.41) is 2.50. The van der Waals surface area contributed by atoms with Crippen LogP contribution in [-0.4, -0.2) is 24.8 Å². The molecule has 0 spiro atoms. The third kappa shape index (κ3) is 4.32. The minimum absolute atomic E-state index is 0.207. The van der Waals surface area contributed by atoms with E-state index in [1.54, 1.807) is 30.3 Å². The molecular weight excluding hydrogens is 365 g/mol. The first-order chi connectivity index (χ1) is 13.5. The summed E-state index contributed by atoms with van der Waals surface area (Å²) in [6.07, 6.45) is 0.603. The minimum Gasteiger partial charge on any atom is -0.453 e. The number of benzene rings is 2. The molecule has 0 atom stereocenters. The lowest BCUT2D eigenvalue weighted by Gasteiger charge is -2.09. The van der Waals surface area contributed by atoms with Gasteiger partial charge in [0.05, 0.1) is 5.56 Å². The van der Waals surface area contributed by atoms with Crippen molar-refractivity contribution in [3.63, 3.8) is 0 Å². The first-order valence-corrected chi connectivity index (χ1v) is 8.35. The molecule has 2 aromatic carbocycles. The van der Waals surface area contributed by atoms with Gasteiger partial charge in [-0.2, -0.15) is 0 Å². The van der Waals surface area contributed by atoms with Crippen molar-refractivity contribution in [2.24, 2.45) is 0 Å². The highest BCUT2D eigenvalue weighted by molar-refractivity contribution is 5.96.